The van der Waals surface area contributed by atoms with E-state index in [0.29, 0.717) is 26.2 Å². The van der Waals surface area contributed by atoms with Gasteiger partial charge < -0.3 is 24.6 Å². The first kappa shape index (κ1) is 23.3. The standard InChI is InChI=1S/C22H31N3O5/c1-22(2,3)30-21(28)23-12-11-20(27)25-15-13-24(14-16-25)19(26)10-7-17-5-8-18(29-4)9-6-17/h5-10H,11-16H2,1-4H3,(H,23,28)/b10-7+. The minimum absolute atomic E-state index is 0.0491. The number of benzene rings is 1. The van der Waals surface area contributed by atoms with Crippen molar-refractivity contribution in [1.82, 2.24) is 15.1 Å². The lowest BCUT2D eigenvalue weighted by Gasteiger charge is -2.34. The largest absolute Gasteiger partial charge is 0.497 e. The van der Waals surface area contributed by atoms with E-state index in [2.05, 4.69) is 5.32 Å². The Bertz CT molecular complexity index is 760. The third-order valence-electron chi connectivity index (χ3n) is 4.49. The third-order valence-corrected chi connectivity index (χ3v) is 4.49. The lowest BCUT2D eigenvalue weighted by molar-refractivity contribution is -0.137. The van der Waals surface area contributed by atoms with Gasteiger partial charge in [-0.15, -0.1) is 0 Å². The number of nitrogens with zero attached hydrogens (tertiary/aromatic N) is 2. The zero-order valence-electron chi connectivity index (χ0n) is 18.1. The Morgan fingerprint density at radius 3 is 2.20 bits per heavy atom. The Morgan fingerprint density at radius 2 is 1.63 bits per heavy atom. The number of rotatable bonds is 6. The molecule has 30 heavy (non-hydrogen) atoms. The second-order valence-corrected chi connectivity index (χ2v) is 7.99. The number of carbonyl (C=O) groups excluding carboxylic acids is 3. The molecule has 1 aromatic rings. The number of hydrogen-bond acceptors (Lipinski definition) is 5. The summed E-state index contributed by atoms with van der Waals surface area (Å²) in [6.45, 7) is 7.49. The van der Waals surface area contributed by atoms with E-state index in [1.165, 1.54) is 0 Å². The van der Waals surface area contributed by atoms with E-state index in [1.54, 1.807) is 49.8 Å². The average molecular weight is 418 g/mol. The topological polar surface area (TPSA) is 88.2 Å². The van der Waals surface area contributed by atoms with Crippen LogP contribution in [0.2, 0.25) is 0 Å². The quantitative estimate of drug-likeness (QED) is 0.718. The number of ether oxygens (including phenoxy) is 2. The lowest BCUT2D eigenvalue weighted by Crippen LogP contribution is -2.50. The fourth-order valence-corrected chi connectivity index (χ4v) is 2.91. The molecule has 1 aliphatic heterocycles. The van der Waals surface area contributed by atoms with Gasteiger partial charge in [-0.2, -0.15) is 0 Å². The first-order chi connectivity index (χ1) is 14.2. The van der Waals surface area contributed by atoms with Crippen LogP contribution < -0.4 is 10.1 Å². The highest BCUT2D eigenvalue weighted by Gasteiger charge is 2.23. The minimum atomic E-state index is -0.571. The van der Waals surface area contributed by atoms with E-state index in [9.17, 15) is 14.4 Å². The van der Waals surface area contributed by atoms with Crippen LogP contribution in [0.3, 0.4) is 0 Å². The summed E-state index contributed by atoms with van der Waals surface area (Å²) in [6.07, 6.45) is 2.98. The van der Waals surface area contributed by atoms with Crippen molar-refractivity contribution in [3.05, 3.63) is 35.9 Å². The smallest absolute Gasteiger partial charge is 0.407 e. The van der Waals surface area contributed by atoms with Gasteiger partial charge in [0.25, 0.3) is 0 Å². The number of amides is 3. The Morgan fingerprint density at radius 1 is 1.03 bits per heavy atom. The van der Waals surface area contributed by atoms with Crippen LogP contribution in [0.15, 0.2) is 30.3 Å². The third kappa shape index (κ3) is 7.77. The van der Waals surface area contributed by atoms with Gasteiger partial charge in [0.2, 0.25) is 11.8 Å². The highest BCUT2D eigenvalue weighted by atomic mass is 16.6. The summed E-state index contributed by atoms with van der Waals surface area (Å²) < 4.78 is 10.3. The van der Waals surface area contributed by atoms with Crippen molar-refractivity contribution in [3.8, 4) is 5.75 Å². The molecule has 1 aromatic carbocycles. The van der Waals surface area contributed by atoms with Gasteiger partial charge in [-0.3, -0.25) is 9.59 Å². The maximum absolute atomic E-state index is 12.4. The molecule has 0 unspecified atom stereocenters. The highest BCUT2D eigenvalue weighted by Crippen LogP contribution is 2.13. The molecule has 0 radical (unpaired) electrons. The number of alkyl carbamates (subject to hydrolysis) is 1. The molecular weight excluding hydrogens is 386 g/mol. The van der Waals surface area contributed by atoms with Crippen molar-refractivity contribution in [3.63, 3.8) is 0 Å². The number of nitrogens with one attached hydrogen (secondary N) is 1. The number of methoxy groups -OCH3 is 1. The summed E-state index contributed by atoms with van der Waals surface area (Å²) in [7, 11) is 1.61. The molecule has 8 nitrogen and oxygen atoms in total. The Hall–Kier alpha value is -3.03. The van der Waals surface area contributed by atoms with Crippen LogP contribution in [0, 0.1) is 0 Å². The van der Waals surface area contributed by atoms with Gasteiger partial charge in [0.05, 0.1) is 7.11 Å². The second-order valence-electron chi connectivity index (χ2n) is 7.99. The SMILES string of the molecule is COc1ccc(/C=C/C(=O)N2CCN(C(=O)CCNC(=O)OC(C)(C)C)CC2)cc1. The molecule has 8 heteroatoms. The summed E-state index contributed by atoms with van der Waals surface area (Å²) in [5.74, 6) is 0.636. The molecular formula is C22H31N3O5. The van der Waals surface area contributed by atoms with Crippen molar-refractivity contribution in [2.24, 2.45) is 0 Å². The van der Waals surface area contributed by atoms with Gasteiger partial charge in [-0.05, 0) is 44.5 Å². The summed E-state index contributed by atoms with van der Waals surface area (Å²) >= 11 is 0. The summed E-state index contributed by atoms with van der Waals surface area (Å²) in [6, 6.07) is 7.44. The van der Waals surface area contributed by atoms with Crippen LogP contribution in [-0.4, -0.2) is 73.1 Å². The van der Waals surface area contributed by atoms with Crippen LogP contribution in [0.1, 0.15) is 32.8 Å². The summed E-state index contributed by atoms with van der Waals surface area (Å²) in [5.41, 5.74) is 0.342. The number of hydrogen-bond donors (Lipinski definition) is 1. The molecule has 0 aromatic heterocycles. The van der Waals surface area contributed by atoms with Gasteiger partial charge in [-0.25, -0.2) is 4.79 Å². The number of carbonyl (C=O) groups is 3. The maximum atomic E-state index is 12.4. The fourth-order valence-electron chi connectivity index (χ4n) is 2.91. The minimum Gasteiger partial charge on any atom is -0.497 e. The zero-order chi connectivity index (χ0) is 22.1. The van der Waals surface area contributed by atoms with E-state index in [0.717, 1.165) is 11.3 Å². The molecule has 0 bridgehead atoms. The molecule has 164 valence electrons. The van der Waals surface area contributed by atoms with Crippen LogP contribution in [-0.2, 0) is 14.3 Å². The molecule has 0 atom stereocenters. The molecule has 3 amide bonds. The summed E-state index contributed by atoms with van der Waals surface area (Å²) in [5, 5.41) is 2.59. The molecule has 0 saturated carbocycles. The first-order valence-electron chi connectivity index (χ1n) is 10.0. The van der Waals surface area contributed by atoms with Gasteiger partial charge in [0, 0.05) is 45.2 Å². The zero-order valence-corrected chi connectivity index (χ0v) is 18.1. The Labute approximate surface area is 177 Å². The van der Waals surface area contributed by atoms with Crippen molar-refractivity contribution in [2.45, 2.75) is 32.8 Å². The monoisotopic (exact) mass is 417 g/mol. The van der Waals surface area contributed by atoms with Crippen molar-refractivity contribution < 1.29 is 23.9 Å². The average Bonchev–Trinajstić information content (AvgIpc) is 2.71. The van der Waals surface area contributed by atoms with Gasteiger partial charge in [-0.1, -0.05) is 12.1 Å². The Kier molecular flexibility index (Phi) is 8.26. The van der Waals surface area contributed by atoms with E-state index < -0.39 is 11.7 Å². The first-order valence-corrected chi connectivity index (χ1v) is 10.0. The van der Waals surface area contributed by atoms with Crippen LogP contribution in [0.5, 0.6) is 5.75 Å². The van der Waals surface area contributed by atoms with Crippen LogP contribution in [0.4, 0.5) is 4.79 Å². The summed E-state index contributed by atoms with van der Waals surface area (Å²) in [4.78, 5) is 39.7. The molecule has 2 rings (SSSR count). The van der Waals surface area contributed by atoms with Crippen molar-refractivity contribution in [1.29, 1.82) is 0 Å². The van der Waals surface area contributed by atoms with Gasteiger partial charge in [0.1, 0.15) is 11.4 Å². The van der Waals surface area contributed by atoms with E-state index >= 15 is 0 Å². The molecule has 0 aliphatic carbocycles. The van der Waals surface area contributed by atoms with Crippen LogP contribution in [0.25, 0.3) is 6.08 Å². The van der Waals surface area contributed by atoms with Crippen molar-refractivity contribution >= 4 is 24.0 Å². The van der Waals surface area contributed by atoms with E-state index in [4.69, 9.17) is 9.47 Å². The normalized spacial score (nSPS) is 14.5. The molecule has 0 spiro atoms. The van der Waals surface area contributed by atoms with Gasteiger partial charge in [0.15, 0.2) is 0 Å². The Balaban J connectivity index is 1.71. The van der Waals surface area contributed by atoms with E-state index in [1.807, 2.05) is 24.3 Å². The molecule has 1 fully saturated rings. The predicted octanol–water partition coefficient (Wildman–Crippen LogP) is 2.29. The molecule has 1 N–H and O–H groups in total. The maximum Gasteiger partial charge on any atom is 0.407 e. The number of piperazine rings is 1. The molecule has 1 heterocycles. The molecule has 1 saturated heterocycles. The highest BCUT2D eigenvalue weighted by molar-refractivity contribution is 5.92. The lowest BCUT2D eigenvalue weighted by atomic mass is 10.2. The van der Waals surface area contributed by atoms with E-state index in [-0.39, 0.29) is 24.8 Å². The van der Waals surface area contributed by atoms with Crippen LogP contribution >= 0.6 is 0 Å². The molecule has 1 aliphatic rings. The predicted molar refractivity (Wildman–Crippen MR) is 114 cm³/mol. The second kappa shape index (κ2) is 10.7. The van der Waals surface area contributed by atoms with Crippen molar-refractivity contribution in [2.75, 3.05) is 39.8 Å². The fraction of sp³-hybridized carbons (Fsp3) is 0.500. The van der Waals surface area contributed by atoms with Gasteiger partial charge >= 0.3 is 6.09 Å².